The molecule has 0 aliphatic carbocycles. The van der Waals surface area contributed by atoms with E-state index in [4.69, 9.17) is 4.74 Å². The summed E-state index contributed by atoms with van der Waals surface area (Å²) in [4.78, 5) is 12.3. The lowest BCUT2D eigenvalue weighted by molar-refractivity contribution is -0.113. The molecule has 0 aromatic heterocycles. The fraction of sp³-hybridized carbons (Fsp3) is 0.136. The Morgan fingerprint density at radius 1 is 0.923 bits per heavy atom. The summed E-state index contributed by atoms with van der Waals surface area (Å²) in [6, 6.07) is 25.5. The van der Waals surface area contributed by atoms with Crippen molar-refractivity contribution in [3.63, 3.8) is 0 Å². The standard InChI is InChI=1S/C22H21NO2S/c1-17-11-13-19(14-12-17)25-21-10-6-5-9-20(21)23-22(24)16-26-15-18-7-3-2-4-8-18/h2-14H,15-16H2,1H3,(H,23,24). The molecule has 0 unspecified atom stereocenters. The lowest BCUT2D eigenvalue weighted by atomic mass is 10.2. The Bertz CT molecular complexity index is 848. The zero-order chi connectivity index (χ0) is 18.2. The molecule has 3 aromatic carbocycles. The Hall–Kier alpha value is -2.72. The maximum absolute atomic E-state index is 12.3. The molecular formula is C22H21NO2S. The molecule has 26 heavy (non-hydrogen) atoms. The second-order valence-corrected chi connectivity index (χ2v) is 6.92. The van der Waals surface area contributed by atoms with Gasteiger partial charge in [-0.15, -0.1) is 11.8 Å². The maximum Gasteiger partial charge on any atom is 0.234 e. The summed E-state index contributed by atoms with van der Waals surface area (Å²) in [5, 5.41) is 2.94. The number of ether oxygens (including phenoxy) is 1. The van der Waals surface area contributed by atoms with Crippen LogP contribution in [0.2, 0.25) is 0 Å². The number of hydrogen-bond donors (Lipinski definition) is 1. The fourth-order valence-electron chi connectivity index (χ4n) is 2.41. The largest absolute Gasteiger partial charge is 0.455 e. The highest BCUT2D eigenvalue weighted by Gasteiger charge is 2.09. The van der Waals surface area contributed by atoms with Crippen molar-refractivity contribution < 1.29 is 9.53 Å². The van der Waals surface area contributed by atoms with Gasteiger partial charge in [0.1, 0.15) is 5.75 Å². The predicted octanol–water partition coefficient (Wildman–Crippen LogP) is 5.66. The third-order valence-corrected chi connectivity index (χ3v) is 4.76. The topological polar surface area (TPSA) is 38.3 Å². The molecule has 1 amide bonds. The summed E-state index contributed by atoms with van der Waals surface area (Å²) in [7, 11) is 0. The Labute approximate surface area is 158 Å². The summed E-state index contributed by atoms with van der Waals surface area (Å²) >= 11 is 1.59. The van der Waals surface area contributed by atoms with E-state index >= 15 is 0 Å². The molecule has 0 spiro atoms. The van der Waals surface area contributed by atoms with E-state index in [1.165, 1.54) is 11.1 Å². The summed E-state index contributed by atoms with van der Waals surface area (Å²) in [5.74, 6) is 2.56. The number of thioether (sulfide) groups is 1. The molecule has 0 fully saturated rings. The average molecular weight is 363 g/mol. The number of nitrogens with one attached hydrogen (secondary N) is 1. The first-order valence-electron chi connectivity index (χ1n) is 8.46. The number of benzene rings is 3. The lowest BCUT2D eigenvalue weighted by Crippen LogP contribution is -2.14. The molecule has 3 nitrogen and oxygen atoms in total. The van der Waals surface area contributed by atoms with Crippen molar-refractivity contribution >= 4 is 23.4 Å². The Balaban J connectivity index is 1.57. The molecule has 4 heteroatoms. The van der Waals surface area contributed by atoms with Crippen LogP contribution in [0.4, 0.5) is 5.69 Å². The second-order valence-electron chi connectivity index (χ2n) is 5.94. The van der Waals surface area contributed by atoms with Gasteiger partial charge in [-0.25, -0.2) is 0 Å². The van der Waals surface area contributed by atoms with Crippen molar-refractivity contribution in [2.75, 3.05) is 11.1 Å². The van der Waals surface area contributed by atoms with Gasteiger partial charge in [0.25, 0.3) is 0 Å². The van der Waals surface area contributed by atoms with Gasteiger partial charge in [-0.3, -0.25) is 4.79 Å². The van der Waals surface area contributed by atoms with E-state index in [0.717, 1.165) is 11.5 Å². The van der Waals surface area contributed by atoms with Gasteiger partial charge >= 0.3 is 0 Å². The van der Waals surface area contributed by atoms with Crippen molar-refractivity contribution in [1.29, 1.82) is 0 Å². The SMILES string of the molecule is Cc1ccc(Oc2ccccc2NC(=O)CSCc2ccccc2)cc1. The van der Waals surface area contributed by atoms with E-state index in [2.05, 4.69) is 17.4 Å². The molecule has 3 rings (SSSR count). The zero-order valence-electron chi connectivity index (χ0n) is 14.6. The summed E-state index contributed by atoms with van der Waals surface area (Å²) in [6.07, 6.45) is 0. The average Bonchev–Trinajstić information content (AvgIpc) is 2.66. The third kappa shape index (κ3) is 5.39. The quantitative estimate of drug-likeness (QED) is 0.589. The van der Waals surface area contributed by atoms with Crippen molar-refractivity contribution in [2.45, 2.75) is 12.7 Å². The first-order chi connectivity index (χ1) is 12.7. The van der Waals surface area contributed by atoms with Gasteiger partial charge in [-0.1, -0.05) is 60.2 Å². The maximum atomic E-state index is 12.3. The molecule has 0 saturated heterocycles. The van der Waals surface area contributed by atoms with E-state index in [1.54, 1.807) is 11.8 Å². The molecule has 132 valence electrons. The smallest absolute Gasteiger partial charge is 0.234 e. The van der Waals surface area contributed by atoms with Crippen molar-refractivity contribution in [3.05, 3.63) is 90.0 Å². The number of rotatable bonds is 7. The minimum atomic E-state index is -0.0362. The summed E-state index contributed by atoms with van der Waals surface area (Å²) < 4.78 is 5.92. The molecule has 0 radical (unpaired) electrons. The first-order valence-corrected chi connectivity index (χ1v) is 9.61. The van der Waals surface area contributed by atoms with Crippen LogP contribution in [-0.4, -0.2) is 11.7 Å². The normalized spacial score (nSPS) is 10.3. The number of hydrogen-bond acceptors (Lipinski definition) is 3. The van der Waals surface area contributed by atoms with Gasteiger partial charge < -0.3 is 10.1 Å². The van der Waals surface area contributed by atoms with Crippen LogP contribution >= 0.6 is 11.8 Å². The van der Waals surface area contributed by atoms with Crippen LogP contribution in [0.5, 0.6) is 11.5 Å². The molecule has 1 N–H and O–H groups in total. The number of amides is 1. The fourth-order valence-corrected chi connectivity index (χ4v) is 3.20. The Kier molecular flexibility index (Phi) is 6.34. The molecule has 3 aromatic rings. The van der Waals surface area contributed by atoms with E-state index < -0.39 is 0 Å². The van der Waals surface area contributed by atoms with E-state index in [9.17, 15) is 4.79 Å². The third-order valence-electron chi connectivity index (χ3n) is 3.75. The zero-order valence-corrected chi connectivity index (χ0v) is 15.5. The summed E-state index contributed by atoms with van der Waals surface area (Å²) in [5.41, 5.74) is 3.07. The monoisotopic (exact) mass is 363 g/mol. The van der Waals surface area contributed by atoms with Crippen LogP contribution in [0.25, 0.3) is 0 Å². The van der Waals surface area contributed by atoms with Crippen molar-refractivity contribution in [1.82, 2.24) is 0 Å². The van der Waals surface area contributed by atoms with Gasteiger partial charge in [-0.05, 0) is 36.8 Å². The molecule has 0 atom stereocenters. The van der Waals surface area contributed by atoms with Crippen LogP contribution in [0.1, 0.15) is 11.1 Å². The van der Waals surface area contributed by atoms with Crippen LogP contribution in [0, 0.1) is 6.92 Å². The van der Waals surface area contributed by atoms with Gasteiger partial charge in [0.2, 0.25) is 5.91 Å². The molecular weight excluding hydrogens is 342 g/mol. The number of para-hydroxylation sites is 2. The van der Waals surface area contributed by atoms with Gasteiger partial charge in [0.05, 0.1) is 11.4 Å². The van der Waals surface area contributed by atoms with E-state index in [1.807, 2.05) is 73.7 Å². The minimum absolute atomic E-state index is 0.0362. The van der Waals surface area contributed by atoms with Gasteiger partial charge in [-0.2, -0.15) is 0 Å². The van der Waals surface area contributed by atoms with Crippen LogP contribution < -0.4 is 10.1 Å². The highest BCUT2D eigenvalue weighted by molar-refractivity contribution is 7.99. The van der Waals surface area contributed by atoms with Gasteiger partial charge in [0.15, 0.2) is 5.75 Å². The highest BCUT2D eigenvalue weighted by atomic mass is 32.2. The molecule has 0 aliphatic rings. The number of carbonyl (C=O) groups is 1. The molecule has 0 bridgehead atoms. The van der Waals surface area contributed by atoms with Crippen molar-refractivity contribution in [3.8, 4) is 11.5 Å². The van der Waals surface area contributed by atoms with E-state index in [0.29, 0.717) is 17.2 Å². The predicted molar refractivity (Wildman–Crippen MR) is 109 cm³/mol. The minimum Gasteiger partial charge on any atom is -0.455 e. The van der Waals surface area contributed by atoms with Crippen LogP contribution in [-0.2, 0) is 10.5 Å². The van der Waals surface area contributed by atoms with E-state index in [-0.39, 0.29) is 5.91 Å². The first kappa shape index (κ1) is 18.1. The molecule has 0 saturated carbocycles. The van der Waals surface area contributed by atoms with Crippen LogP contribution in [0.15, 0.2) is 78.9 Å². The number of anilines is 1. The number of aryl methyl sites for hydroxylation is 1. The van der Waals surface area contributed by atoms with Crippen LogP contribution in [0.3, 0.4) is 0 Å². The summed E-state index contributed by atoms with van der Waals surface area (Å²) in [6.45, 7) is 2.03. The lowest BCUT2D eigenvalue weighted by Gasteiger charge is -2.12. The highest BCUT2D eigenvalue weighted by Crippen LogP contribution is 2.29. The van der Waals surface area contributed by atoms with Crippen molar-refractivity contribution in [2.24, 2.45) is 0 Å². The Morgan fingerprint density at radius 2 is 1.62 bits per heavy atom. The number of carbonyl (C=O) groups excluding carboxylic acids is 1. The van der Waals surface area contributed by atoms with Gasteiger partial charge in [0, 0.05) is 5.75 Å². The molecule has 0 heterocycles. The molecule has 0 aliphatic heterocycles. The Morgan fingerprint density at radius 3 is 2.38 bits per heavy atom. The second kappa shape index (κ2) is 9.11.